The maximum Gasteiger partial charge on any atom is 0.279 e. The number of hydrogen-bond donors (Lipinski definition) is 0. The molecule has 0 bridgehead atoms. The highest BCUT2D eigenvalue weighted by molar-refractivity contribution is 8.13. The Balaban J connectivity index is 3.62. The van der Waals surface area contributed by atoms with Crippen LogP contribution in [0.2, 0.25) is 10.2 Å². The summed E-state index contributed by atoms with van der Waals surface area (Å²) in [6.45, 7) is 0. The average Bonchev–Trinajstić information content (AvgIpc) is 1.99. The van der Waals surface area contributed by atoms with Gasteiger partial charge >= 0.3 is 0 Å². The molecule has 1 rings (SSSR count). The largest absolute Gasteiger partial charge is 0.279 e. The number of halogens is 5. The van der Waals surface area contributed by atoms with Crippen LogP contribution >= 0.6 is 33.9 Å². The molecule has 0 aliphatic carbocycles. The maximum atomic E-state index is 12.5. The standard InChI is InChI=1S/C6H2Cl3F2NO2S/c7-2-1-3(8)12-6(15(9,13)14)4(2)5(10)11/h1,5H. The highest BCUT2D eigenvalue weighted by atomic mass is 35.7. The molecule has 0 radical (unpaired) electrons. The van der Waals surface area contributed by atoms with Gasteiger partial charge in [-0.15, -0.1) is 0 Å². The molecular weight excluding hydrogens is 294 g/mol. The van der Waals surface area contributed by atoms with Gasteiger partial charge in [0, 0.05) is 10.7 Å². The lowest BCUT2D eigenvalue weighted by Crippen LogP contribution is -2.03. The fourth-order valence-corrected chi connectivity index (χ4v) is 2.51. The minimum atomic E-state index is -4.41. The summed E-state index contributed by atoms with van der Waals surface area (Å²) in [6, 6.07) is 0.913. The molecule has 0 aliphatic rings. The summed E-state index contributed by atoms with van der Waals surface area (Å²) in [4.78, 5) is 3.21. The lowest BCUT2D eigenvalue weighted by Gasteiger charge is -2.07. The number of pyridine rings is 1. The van der Waals surface area contributed by atoms with E-state index in [1.54, 1.807) is 0 Å². The number of hydrogen-bond acceptors (Lipinski definition) is 3. The summed E-state index contributed by atoms with van der Waals surface area (Å²) in [5.41, 5.74) is -0.948. The highest BCUT2D eigenvalue weighted by Crippen LogP contribution is 2.34. The van der Waals surface area contributed by atoms with E-state index in [0.717, 1.165) is 6.07 Å². The fraction of sp³-hybridized carbons (Fsp3) is 0.167. The van der Waals surface area contributed by atoms with Gasteiger partial charge in [-0.1, -0.05) is 23.2 Å². The smallest absolute Gasteiger partial charge is 0.223 e. The van der Waals surface area contributed by atoms with E-state index in [1.165, 1.54) is 0 Å². The number of nitrogens with zero attached hydrogens (tertiary/aromatic N) is 1. The van der Waals surface area contributed by atoms with Crippen LogP contribution in [0.15, 0.2) is 11.1 Å². The Kier molecular flexibility index (Phi) is 3.76. The van der Waals surface area contributed by atoms with Crippen molar-refractivity contribution in [1.29, 1.82) is 0 Å². The summed E-state index contributed by atoms with van der Waals surface area (Å²) in [5, 5.41) is -1.84. The fourth-order valence-electron chi connectivity index (χ4n) is 0.857. The normalized spacial score (nSPS) is 12.1. The Morgan fingerprint density at radius 1 is 1.33 bits per heavy atom. The molecule has 0 unspecified atom stereocenters. The van der Waals surface area contributed by atoms with E-state index >= 15 is 0 Å². The van der Waals surface area contributed by atoms with Crippen LogP contribution in [0.4, 0.5) is 8.78 Å². The van der Waals surface area contributed by atoms with Crippen LogP contribution < -0.4 is 0 Å². The van der Waals surface area contributed by atoms with Crippen LogP contribution in [0.5, 0.6) is 0 Å². The Hall–Kier alpha value is -0.170. The monoisotopic (exact) mass is 295 g/mol. The third-order valence-electron chi connectivity index (χ3n) is 1.39. The van der Waals surface area contributed by atoms with Gasteiger partial charge in [-0.3, -0.25) is 0 Å². The van der Waals surface area contributed by atoms with E-state index in [1.807, 2.05) is 0 Å². The molecule has 0 aliphatic heterocycles. The third kappa shape index (κ3) is 2.90. The minimum absolute atomic E-state index is 0.330. The molecule has 3 nitrogen and oxygen atoms in total. The third-order valence-corrected chi connectivity index (χ3v) is 3.11. The van der Waals surface area contributed by atoms with E-state index in [2.05, 4.69) is 4.98 Å². The van der Waals surface area contributed by atoms with E-state index < -0.39 is 31.1 Å². The van der Waals surface area contributed by atoms with Crippen LogP contribution in [0.25, 0.3) is 0 Å². The molecule has 0 fully saturated rings. The number of aromatic nitrogens is 1. The van der Waals surface area contributed by atoms with Gasteiger partial charge < -0.3 is 0 Å². The minimum Gasteiger partial charge on any atom is -0.223 e. The van der Waals surface area contributed by atoms with E-state index in [9.17, 15) is 17.2 Å². The molecule has 84 valence electrons. The Bertz CT molecular complexity index is 491. The van der Waals surface area contributed by atoms with Crippen molar-refractivity contribution < 1.29 is 17.2 Å². The summed E-state index contributed by atoms with van der Waals surface area (Å²) < 4.78 is 46.7. The maximum absolute atomic E-state index is 12.5. The van der Waals surface area contributed by atoms with Gasteiger partial charge in [0.15, 0.2) is 5.03 Å². The number of alkyl halides is 2. The lowest BCUT2D eigenvalue weighted by molar-refractivity contribution is 0.147. The zero-order chi connectivity index (χ0) is 11.8. The first kappa shape index (κ1) is 12.9. The zero-order valence-electron chi connectivity index (χ0n) is 6.72. The summed E-state index contributed by atoms with van der Waals surface area (Å²) in [7, 11) is 0.500. The van der Waals surface area contributed by atoms with Crippen molar-refractivity contribution in [2.75, 3.05) is 0 Å². The van der Waals surface area contributed by atoms with Crippen LogP contribution in [0.3, 0.4) is 0 Å². The van der Waals surface area contributed by atoms with Crippen molar-refractivity contribution in [3.63, 3.8) is 0 Å². The highest BCUT2D eigenvalue weighted by Gasteiger charge is 2.27. The van der Waals surface area contributed by atoms with Gasteiger partial charge in [-0.2, -0.15) is 0 Å². The van der Waals surface area contributed by atoms with E-state index in [-0.39, 0.29) is 5.15 Å². The van der Waals surface area contributed by atoms with Gasteiger partial charge in [0.05, 0.1) is 10.6 Å². The first-order chi connectivity index (χ1) is 6.73. The van der Waals surface area contributed by atoms with Crippen molar-refractivity contribution >= 4 is 42.9 Å². The van der Waals surface area contributed by atoms with Gasteiger partial charge in [0.2, 0.25) is 0 Å². The molecule has 0 spiro atoms. The molecule has 1 aromatic rings. The lowest BCUT2D eigenvalue weighted by atomic mass is 10.3. The molecule has 0 aromatic carbocycles. The second kappa shape index (κ2) is 4.37. The van der Waals surface area contributed by atoms with Gasteiger partial charge in [0.1, 0.15) is 5.15 Å². The van der Waals surface area contributed by atoms with E-state index in [4.69, 9.17) is 33.9 Å². The summed E-state index contributed by atoms with van der Waals surface area (Å²) >= 11 is 10.8. The Labute approximate surface area is 98.4 Å². The SMILES string of the molecule is O=S(=O)(Cl)c1nc(Cl)cc(Cl)c1C(F)F. The molecule has 0 saturated carbocycles. The van der Waals surface area contributed by atoms with Crippen molar-refractivity contribution in [3.8, 4) is 0 Å². The molecular formula is C6H2Cl3F2NO2S. The second-order valence-corrected chi connectivity index (χ2v) is 5.66. The molecule has 0 saturated heterocycles. The van der Waals surface area contributed by atoms with E-state index in [0.29, 0.717) is 0 Å². The van der Waals surface area contributed by atoms with Gasteiger partial charge in [-0.25, -0.2) is 22.2 Å². The predicted octanol–water partition coefficient (Wildman–Crippen LogP) is 3.25. The first-order valence-corrected chi connectivity index (χ1v) is 6.38. The Morgan fingerprint density at radius 3 is 2.27 bits per heavy atom. The first-order valence-electron chi connectivity index (χ1n) is 3.32. The van der Waals surface area contributed by atoms with Crippen LogP contribution in [-0.4, -0.2) is 13.4 Å². The van der Waals surface area contributed by atoms with Crippen LogP contribution in [0.1, 0.15) is 12.0 Å². The number of rotatable bonds is 2. The molecule has 0 amide bonds. The van der Waals surface area contributed by atoms with Crippen LogP contribution in [-0.2, 0) is 9.05 Å². The molecule has 9 heteroatoms. The zero-order valence-corrected chi connectivity index (χ0v) is 9.80. The van der Waals surface area contributed by atoms with Gasteiger partial charge in [0.25, 0.3) is 15.5 Å². The average molecular weight is 297 g/mol. The van der Waals surface area contributed by atoms with Gasteiger partial charge in [-0.05, 0) is 6.07 Å². The second-order valence-electron chi connectivity index (χ2n) is 2.38. The summed E-state index contributed by atoms with van der Waals surface area (Å²) in [5.74, 6) is 0. The molecule has 0 atom stereocenters. The topological polar surface area (TPSA) is 47.0 Å². The van der Waals surface area contributed by atoms with Crippen molar-refractivity contribution in [2.24, 2.45) is 0 Å². The predicted molar refractivity (Wildman–Crippen MR) is 52.3 cm³/mol. The van der Waals surface area contributed by atoms with Crippen molar-refractivity contribution in [3.05, 3.63) is 21.8 Å². The van der Waals surface area contributed by atoms with Crippen molar-refractivity contribution in [1.82, 2.24) is 4.98 Å². The quantitative estimate of drug-likeness (QED) is 0.621. The molecule has 15 heavy (non-hydrogen) atoms. The molecule has 1 heterocycles. The Morgan fingerprint density at radius 2 is 1.87 bits per heavy atom. The van der Waals surface area contributed by atoms with Crippen molar-refractivity contribution in [2.45, 2.75) is 11.5 Å². The van der Waals surface area contributed by atoms with Crippen LogP contribution in [0, 0.1) is 0 Å². The molecule has 1 aromatic heterocycles. The summed E-state index contributed by atoms with van der Waals surface area (Å²) in [6.07, 6.45) is -3.11. The molecule has 0 N–H and O–H groups in total.